The molecule has 3 rings (SSSR count). The Morgan fingerprint density at radius 2 is 1.63 bits per heavy atom. The molecule has 3 nitrogen and oxygen atoms in total. The van der Waals surface area contributed by atoms with Crippen LogP contribution in [0.4, 0.5) is 0 Å². The second kappa shape index (κ2) is 5.59. The first-order valence-corrected chi connectivity index (χ1v) is 6.27. The fourth-order valence-electron chi connectivity index (χ4n) is 2.10. The second-order valence-electron chi connectivity index (χ2n) is 4.32. The molecule has 19 heavy (non-hydrogen) atoms. The molecular weight excluding hydrogens is 238 g/mol. The average molecular weight is 253 g/mol. The number of hydrogen-bond acceptors (Lipinski definition) is 3. The number of hydrogen-bond donors (Lipinski definition) is 1. The Kier molecular flexibility index (Phi) is 3.47. The highest BCUT2D eigenvalue weighted by Gasteiger charge is 2.16. The number of benzene rings is 1. The van der Waals surface area contributed by atoms with Crippen molar-refractivity contribution in [2.75, 3.05) is 0 Å². The van der Waals surface area contributed by atoms with E-state index >= 15 is 0 Å². The van der Waals surface area contributed by atoms with Gasteiger partial charge in [-0.3, -0.25) is 5.32 Å². The Bertz CT molecular complexity index is 585. The highest BCUT2D eigenvalue weighted by Crippen LogP contribution is 2.22. The van der Waals surface area contributed by atoms with Crippen molar-refractivity contribution in [1.82, 2.24) is 5.32 Å². The maximum Gasteiger partial charge on any atom is 0.125 e. The minimum Gasteiger partial charge on any atom is -0.468 e. The lowest BCUT2D eigenvalue weighted by Crippen LogP contribution is -2.21. The van der Waals surface area contributed by atoms with Crippen LogP contribution in [0.25, 0.3) is 0 Å². The van der Waals surface area contributed by atoms with E-state index in [-0.39, 0.29) is 6.04 Å². The smallest absolute Gasteiger partial charge is 0.125 e. The van der Waals surface area contributed by atoms with E-state index in [1.165, 1.54) is 5.56 Å². The summed E-state index contributed by atoms with van der Waals surface area (Å²) >= 11 is 0. The first kappa shape index (κ1) is 11.8. The van der Waals surface area contributed by atoms with Gasteiger partial charge in [-0.15, -0.1) is 0 Å². The van der Waals surface area contributed by atoms with Crippen LogP contribution in [-0.4, -0.2) is 0 Å². The van der Waals surface area contributed by atoms with Crippen molar-refractivity contribution < 1.29 is 8.83 Å². The first-order chi connectivity index (χ1) is 9.43. The lowest BCUT2D eigenvalue weighted by atomic mass is 10.0. The zero-order valence-electron chi connectivity index (χ0n) is 10.5. The Labute approximate surface area is 111 Å². The molecule has 3 aromatic rings. The van der Waals surface area contributed by atoms with Gasteiger partial charge in [0.1, 0.15) is 11.5 Å². The van der Waals surface area contributed by atoms with E-state index in [4.69, 9.17) is 8.83 Å². The Morgan fingerprint density at radius 1 is 0.842 bits per heavy atom. The van der Waals surface area contributed by atoms with Crippen LogP contribution >= 0.6 is 0 Å². The van der Waals surface area contributed by atoms with Gasteiger partial charge in [0.2, 0.25) is 0 Å². The normalized spacial score (nSPS) is 12.4. The molecule has 2 aromatic heterocycles. The lowest BCUT2D eigenvalue weighted by Gasteiger charge is -2.16. The molecule has 0 radical (unpaired) electrons. The van der Waals surface area contributed by atoms with Gasteiger partial charge >= 0.3 is 0 Å². The average Bonchev–Trinajstić information content (AvgIpc) is 3.13. The minimum absolute atomic E-state index is 0.0290. The number of rotatable bonds is 5. The molecule has 0 saturated carbocycles. The molecule has 1 aromatic carbocycles. The molecule has 0 aliphatic heterocycles. The van der Waals surface area contributed by atoms with Gasteiger partial charge < -0.3 is 8.83 Å². The van der Waals surface area contributed by atoms with Crippen LogP contribution < -0.4 is 5.32 Å². The zero-order valence-corrected chi connectivity index (χ0v) is 10.5. The van der Waals surface area contributed by atoms with Gasteiger partial charge in [0.15, 0.2) is 0 Å². The summed E-state index contributed by atoms with van der Waals surface area (Å²) < 4.78 is 10.9. The SMILES string of the molecule is c1ccc(C(NCc2ccco2)c2ccco2)cc1. The van der Waals surface area contributed by atoms with Crippen molar-refractivity contribution in [3.05, 3.63) is 84.2 Å². The fraction of sp³-hybridized carbons (Fsp3) is 0.125. The topological polar surface area (TPSA) is 38.3 Å². The maximum atomic E-state index is 5.53. The molecule has 96 valence electrons. The van der Waals surface area contributed by atoms with Gasteiger partial charge in [0, 0.05) is 0 Å². The van der Waals surface area contributed by atoms with Gasteiger partial charge in [-0.05, 0) is 29.8 Å². The molecule has 2 heterocycles. The van der Waals surface area contributed by atoms with Crippen molar-refractivity contribution in [3.63, 3.8) is 0 Å². The van der Waals surface area contributed by atoms with Gasteiger partial charge in [0.25, 0.3) is 0 Å². The highest BCUT2D eigenvalue weighted by molar-refractivity contribution is 5.26. The van der Waals surface area contributed by atoms with E-state index in [9.17, 15) is 0 Å². The van der Waals surface area contributed by atoms with E-state index in [0.717, 1.165) is 11.5 Å². The molecule has 0 spiro atoms. The summed E-state index contributed by atoms with van der Waals surface area (Å²) in [6.07, 6.45) is 3.38. The van der Waals surface area contributed by atoms with Crippen LogP contribution in [0.1, 0.15) is 23.1 Å². The lowest BCUT2D eigenvalue weighted by molar-refractivity contribution is 0.420. The Morgan fingerprint density at radius 3 is 2.32 bits per heavy atom. The molecular formula is C16H15NO2. The predicted octanol–water partition coefficient (Wildman–Crippen LogP) is 3.75. The van der Waals surface area contributed by atoms with Crippen molar-refractivity contribution in [1.29, 1.82) is 0 Å². The van der Waals surface area contributed by atoms with Crippen LogP contribution in [0.2, 0.25) is 0 Å². The molecule has 1 unspecified atom stereocenters. The first-order valence-electron chi connectivity index (χ1n) is 6.27. The molecule has 1 atom stereocenters. The monoisotopic (exact) mass is 253 g/mol. The summed E-state index contributed by atoms with van der Waals surface area (Å²) in [7, 11) is 0. The van der Waals surface area contributed by atoms with E-state index in [1.807, 2.05) is 42.5 Å². The molecule has 0 amide bonds. The number of nitrogens with one attached hydrogen (secondary N) is 1. The minimum atomic E-state index is 0.0290. The van der Waals surface area contributed by atoms with Crippen molar-refractivity contribution in [2.24, 2.45) is 0 Å². The van der Waals surface area contributed by atoms with E-state index < -0.39 is 0 Å². The summed E-state index contributed by atoms with van der Waals surface area (Å²) in [6.45, 7) is 0.660. The largest absolute Gasteiger partial charge is 0.468 e. The van der Waals surface area contributed by atoms with Crippen LogP contribution in [0.15, 0.2) is 76.0 Å². The summed E-state index contributed by atoms with van der Waals surface area (Å²) in [5.74, 6) is 1.81. The van der Waals surface area contributed by atoms with Crippen LogP contribution in [0.5, 0.6) is 0 Å². The molecule has 3 heteroatoms. The summed E-state index contributed by atoms with van der Waals surface area (Å²) in [5, 5.41) is 3.45. The molecule has 0 bridgehead atoms. The third-order valence-electron chi connectivity index (χ3n) is 3.02. The zero-order chi connectivity index (χ0) is 12.9. The van der Waals surface area contributed by atoms with E-state index in [2.05, 4.69) is 17.4 Å². The molecule has 0 saturated heterocycles. The Balaban J connectivity index is 1.81. The summed E-state index contributed by atoms with van der Waals surface area (Å²) in [6, 6.07) is 18.0. The molecule has 0 aliphatic rings. The Hall–Kier alpha value is -2.26. The van der Waals surface area contributed by atoms with Crippen LogP contribution in [-0.2, 0) is 6.54 Å². The number of furan rings is 2. The second-order valence-corrected chi connectivity index (χ2v) is 4.32. The van der Waals surface area contributed by atoms with Crippen LogP contribution in [0.3, 0.4) is 0 Å². The van der Waals surface area contributed by atoms with Crippen molar-refractivity contribution >= 4 is 0 Å². The van der Waals surface area contributed by atoms with Crippen molar-refractivity contribution in [2.45, 2.75) is 12.6 Å². The van der Waals surface area contributed by atoms with Crippen molar-refractivity contribution in [3.8, 4) is 0 Å². The van der Waals surface area contributed by atoms with Gasteiger partial charge in [-0.25, -0.2) is 0 Å². The standard InChI is InChI=1S/C16H15NO2/c1-2-6-13(7-3-1)16(15-9-5-11-19-15)17-12-14-8-4-10-18-14/h1-11,16-17H,12H2. The van der Waals surface area contributed by atoms with Gasteiger partial charge in [-0.1, -0.05) is 30.3 Å². The molecule has 0 aliphatic carbocycles. The van der Waals surface area contributed by atoms with Crippen LogP contribution in [0, 0.1) is 0 Å². The predicted molar refractivity (Wildman–Crippen MR) is 72.5 cm³/mol. The third kappa shape index (κ3) is 2.77. The molecule has 0 fully saturated rings. The maximum absolute atomic E-state index is 5.53. The quantitative estimate of drug-likeness (QED) is 0.752. The summed E-state index contributed by atoms with van der Waals surface area (Å²) in [4.78, 5) is 0. The van der Waals surface area contributed by atoms with Gasteiger partial charge in [-0.2, -0.15) is 0 Å². The third-order valence-corrected chi connectivity index (χ3v) is 3.02. The summed E-state index contributed by atoms with van der Waals surface area (Å²) in [5.41, 5.74) is 1.17. The van der Waals surface area contributed by atoms with Gasteiger partial charge in [0.05, 0.1) is 25.1 Å². The highest BCUT2D eigenvalue weighted by atomic mass is 16.3. The molecule has 1 N–H and O–H groups in total. The van der Waals surface area contributed by atoms with E-state index in [0.29, 0.717) is 6.54 Å². The fourth-order valence-corrected chi connectivity index (χ4v) is 2.10. The van der Waals surface area contributed by atoms with E-state index in [1.54, 1.807) is 12.5 Å².